The van der Waals surface area contributed by atoms with Crippen LogP contribution in [0.15, 0.2) is 41.0 Å². The number of nitrogens with zero attached hydrogens (tertiary/aromatic N) is 1. The first-order chi connectivity index (χ1) is 10.7. The van der Waals surface area contributed by atoms with Gasteiger partial charge in [-0.1, -0.05) is 0 Å². The maximum Gasteiger partial charge on any atom is 0.260 e. The van der Waals surface area contributed by atoms with E-state index in [1.165, 1.54) is 0 Å². The van der Waals surface area contributed by atoms with E-state index in [0.717, 1.165) is 16.9 Å². The molecule has 2 heterocycles. The Hall–Kier alpha value is -2.27. The SMILES string of the molecule is Cc1cc(OCC(=O)N2CCOCC2)ccc1-c1ccco1. The third-order valence-electron chi connectivity index (χ3n) is 3.71. The molecule has 5 nitrogen and oxygen atoms in total. The van der Waals surface area contributed by atoms with E-state index in [1.807, 2.05) is 37.3 Å². The quantitative estimate of drug-likeness (QED) is 0.870. The zero-order chi connectivity index (χ0) is 15.4. The van der Waals surface area contributed by atoms with Gasteiger partial charge in [-0.15, -0.1) is 0 Å². The highest BCUT2D eigenvalue weighted by Crippen LogP contribution is 2.27. The lowest BCUT2D eigenvalue weighted by molar-refractivity contribution is -0.137. The van der Waals surface area contributed by atoms with Gasteiger partial charge in [0.1, 0.15) is 11.5 Å². The van der Waals surface area contributed by atoms with E-state index in [4.69, 9.17) is 13.9 Å². The van der Waals surface area contributed by atoms with Crippen molar-refractivity contribution in [1.29, 1.82) is 0 Å². The van der Waals surface area contributed by atoms with Crippen LogP contribution in [0.5, 0.6) is 5.75 Å². The lowest BCUT2D eigenvalue weighted by Gasteiger charge is -2.26. The van der Waals surface area contributed by atoms with Gasteiger partial charge in [0, 0.05) is 18.7 Å². The molecule has 0 bridgehead atoms. The van der Waals surface area contributed by atoms with E-state index >= 15 is 0 Å². The van der Waals surface area contributed by atoms with Gasteiger partial charge in [-0.05, 0) is 42.8 Å². The molecule has 0 saturated carbocycles. The topological polar surface area (TPSA) is 51.9 Å². The molecule has 1 aliphatic heterocycles. The van der Waals surface area contributed by atoms with Crippen LogP contribution in [-0.4, -0.2) is 43.7 Å². The first kappa shape index (κ1) is 14.7. The molecule has 1 aromatic heterocycles. The Bertz CT molecular complexity index is 630. The molecule has 116 valence electrons. The summed E-state index contributed by atoms with van der Waals surface area (Å²) in [6, 6.07) is 9.51. The van der Waals surface area contributed by atoms with Crippen LogP contribution in [0.3, 0.4) is 0 Å². The molecule has 2 aromatic rings. The normalized spacial score (nSPS) is 14.9. The molecule has 0 radical (unpaired) electrons. The monoisotopic (exact) mass is 301 g/mol. The predicted molar refractivity (Wildman–Crippen MR) is 81.8 cm³/mol. The number of hydrogen-bond acceptors (Lipinski definition) is 4. The summed E-state index contributed by atoms with van der Waals surface area (Å²) in [6.45, 7) is 4.52. The average Bonchev–Trinajstić information content (AvgIpc) is 3.07. The maximum atomic E-state index is 12.0. The van der Waals surface area contributed by atoms with Crippen molar-refractivity contribution in [3.05, 3.63) is 42.2 Å². The number of carbonyl (C=O) groups is 1. The van der Waals surface area contributed by atoms with Crippen molar-refractivity contribution in [1.82, 2.24) is 4.90 Å². The number of ether oxygens (including phenoxy) is 2. The largest absolute Gasteiger partial charge is 0.484 e. The minimum atomic E-state index is -0.00364. The van der Waals surface area contributed by atoms with Crippen LogP contribution in [0.2, 0.25) is 0 Å². The van der Waals surface area contributed by atoms with E-state index < -0.39 is 0 Å². The molecule has 1 amide bonds. The van der Waals surface area contributed by atoms with Crippen molar-refractivity contribution >= 4 is 5.91 Å². The van der Waals surface area contributed by atoms with Gasteiger partial charge in [0.15, 0.2) is 6.61 Å². The first-order valence-corrected chi connectivity index (χ1v) is 7.37. The van der Waals surface area contributed by atoms with Crippen molar-refractivity contribution in [2.75, 3.05) is 32.9 Å². The van der Waals surface area contributed by atoms with E-state index in [1.54, 1.807) is 11.2 Å². The zero-order valence-corrected chi connectivity index (χ0v) is 12.6. The Kier molecular flexibility index (Phi) is 4.44. The fourth-order valence-electron chi connectivity index (χ4n) is 2.48. The number of amides is 1. The summed E-state index contributed by atoms with van der Waals surface area (Å²) in [6.07, 6.45) is 1.65. The van der Waals surface area contributed by atoms with Crippen LogP contribution < -0.4 is 4.74 Å². The number of hydrogen-bond donors (Lipinski definition) is 0. The van der Waals surface area contributed by atoms with E-state index in [-0.39, 0.29) is 12.5 Å². The van der Waals surface area contributed by atoms with Gasteiger partial charge in [-0.25, -0.2) is 0 Å². The number of morpholine rings is 1. The van der Waals surface area contributed by atoms with Crippen LogP contribution in [0, 0.1) is 6.92 Å². The molecule has 0 atom stereocenters. The van der Waals surface area contributed by atoms with Crippen molar-refractivity contribution < 1.29 is 18.7 Å². The second kappa shape index (κ2) is 6.66. The molecule has 0 spiro atoms. The molecule has 0 unspecified atom stereocenters. The molecular formula is C17H19NO4. The minimum absolute atomic E-state index is 0.00364. The second-order valence-electron chi connectivity index (χ2n) is 5.24. The fraction of sp³-hybridized carbons (Fsp3) is 0.353. The molecule has 1 fully saturated rings. The molecule has 22 heavy (non-hydrogen) atoms. The van der Waals surface area contributed by atoms with Crippen LogP contribution in [0.25, 0.3) is 11.3 Å². The van der Waals surface area contributed by atoms with Crippen LogP contribution in [0.1, 0.15) is 5.56 Å². The molecule has 5 heteroatoms. The smallest absolute Gasteiger partial charge is 0.260 e. The average molecular weight is 301 g/mol. The van der Waals surface area contributed by atoms with Gasteiger partial charge in [-0.2, -0.15) is 0 Å². The lowest BCUT2D eigenvalue weighted by atomic mass is 10.1. The Morgan fingerprint density at radius 2 is 2.09 bits per heavy atom. The highest BCUT2D eigenvalue weighted by molar-refractivity contribution is 5.78. The summed E-state index contributed by atoms with van der Waals surface area (Å²) in [5, 5.41) is 0. The van der Waals surface area contributed by atoms with Gasteiger partial charge in [0.05, 0.1) is 19.5 Å². The molecule has 3 rings (SSSR count). The highest BCUT2D eigenvalue weighted by Gasteiger charge is 2.17. The Balaban J connectivity index is 1.61. The summed E-state index contributed by atoms with van der Waals surface area (Å²) < 4.78 is 16.2. The third-order valence-corrected chi connectivity index (χ3v) is 3.71. The molecular weight excluding hydrogens is 282 g/mol. The Morgan fingerprint density at radius 1 is 1.27 bits per heavy atom. The molecule has 0 N–H and O–H groups in total. The van der Waals surface area contributed by atoms with Gasteiger partial charge >= 0.3 is 0 Å². The van der Waals surface area contributed by atoms with Gasteiger partial charge in [0.2, 0.25) is 0 Å². The van der Waals surface area contributed by atoms with E-state index in [2.05, 4.69) is 0 Å². The predicted octanol–water partition coefficient (Wildman–Crippen LogP) is 2.49. The molecule has 1 aromatic carbocycles. The zero-order valence-electron chi connectivity index (χ0n) is 12.6. The number of benzene rings is 1. The van der Waals surface area contributed by atoms with Crippen LogP contribution in [0.4, 0.5) is 0 Å². The molecule has 1 aliphatic rings. The standard InChI is InChI=1S/C17H19NO4/c1-13-11-14(4-5-15(13)16-3-2-8-21-16)22-12-17(19)18-6-9-20-10-7-18/h2-5,8,11H,6-7,9-10,12H2,1H3. The Morgan fingerprint density at radius 3 is 2.77 bits per heavy atom. The number of rotatable bonds is 4. The summed E-state index contributed by atoms with van der Waals surface area (Å²) >= 11 is 0. The van der Waals surface area contributed by atoms with Crippen molar-refractivity contribution in [2.24, 2.45) is 0 Å². The third kappa shape index (κ3) is 3.31. The summed E-state index contributed by atoms with van der Waals surface area (Å²) in [5.74, 6) is 1.51. The summed E-state index contributed by atoms with van der Waals surface area (Å²) in [5.41, 5.74) is 2.07. The second-order valence-corrected chi connectivity index (χ2v) is 5.24. The van der Waals surface area contributed by atoms with Crippen LogP contribution in [-0.2, 0) is 9.53 Å². The maximum absolute atomic E-state index is 12.0. The fourth-order valence-corrected chi connectivity index (χ4v) is 2.48. The number of carbonyl (C=O) groups excluding carboxylic acids is 1. The minimum Gasteiger partial charge on any atom is -0.484 e. The summed E-state index contributed by atoms with van der Waals surface area (Å²) in [4.78, 5) is 13.8. The molecule has 1 saturated heterocycles. The first-order valence-electron chi connectivity index (χ1n) is 7.37. The number of aryl methyl sites for hydroxylation is 1. The number of furan rings is 1. The van der Waals surface area contributed by atoms with Gasteiger partial charge < -0.3 is 18.8 Å². The lowest BCUT2D eigenvalue weighted by Crippen LogP contribution is -2.42. The van der Waals surface area contributed by atoms with Crippen molar-refractivity contribution in [2.45, 2.75) is 6.92 Å². The van der Waals surface area contributed by atoms with Crippen molar-refractivity contribution in [3.63, 3.8) is 0 Å². The summed E-state index contributed by atoms with van der Waals surface area (Å²) in [7, 11) is 0. The van der Waals surface area contributed by atoms with E-state index in [0.29, 0.717) is 32.1 Å². The van der Waals surface area contributed by atoms with Gasteiger partial charge in [0.25, 0.3) is 5.91 Å². The van der Waals surface area contributed by atoms with E-state index in [9.17, 15) is 4.79 Å². The molecule has 0 aliphatic carbocycles. The Labute approximate surface area is 129 Å². The van der Waals surface area contributed by atoms with Crippen LogP contribution >= 0.6 is 0 Å². The van der Waals surface area contributed by atoms with Crippen molar-refractivity contribution in [3.8, 4) is 17.1 Å². The highest BCUT2D eigenvalue weighted by atomic mass is 16.5. The van der Waals surface area contributed by atoms with Gasteiger partial charge in [-0.3, -0.25) is 4.79 Å².